The number of carbonyl (C=O) groups excluding carboxylic acids is 1. The molecule has 1 fully saturated rings. The minimum absolute atomic E-state index is 0.229. The first-order valence-corrected chi connectivity index (χ1v) is 7.37. The van der Waals surface area contributed by atoms with E-state index in [-0.39, 0.29) is 5.91 Å². The van der Waals surface area contributed by atoms with Crippen molar-refractivity contribution in [3.63, 3.8) is 0 Å². The van der Waals surface area contributed by atoms with Crippen LogP contribution in [0.1, 0.15) is 18.9 Å². The van der Waals surface area contributed by atoms with Crippen LogP contribution in [-0.2, 0) is 11.2 Å². The van der Waals surface area contributed by atoms with Crippen LogP contribution in [0.4, 0.5) is 0 Å². The van der Waals surface area contributed by atoms with E-state index in [1.807, 2.05) is 43.1 Å². The molecule has 1 atom stereocenters. The lowest BCUT2D eigenvalue weighted by Gasteiger charge is -2.16. The van der Waals surface area contributed by atoms with Crippen molar-refractivity contribution in [2.24, 2.45) is 5.92 Å². The Labute approximate surface area is 121 Å². The lowest BCUT2D eigenvalue weighted by atomic mass is 10.1. The number of hydrogen-bond donors (Lipinski definition) is 1. The number of amides is 1. The fourth-order valence-corrected chi connectivity index (χ4v) is 2.67. The smallest absolute Gasteiger partial charge is 0.226 e. The first kappa shape index (κ1) is 14.9. The van der Waals surface area contributed by atoms with Crippen molar-refractivity contribution in [3.8, 4) is 5.75 Å². The van der Waals surface area contributed by atoms with Gasteiger partial charge in [-0.15, -0.1) is 0 Å². The summed E-state index contributed by atoms with van der Waals surface area (Å²) in [6, 6.07) is 7.81. The van der Waals surface area contributed by atoms with E-state index in [1.54, 1.807) is 0 Å². The number of carbonyl (C=O) groups is 1. The highest BCUT2D eigenvalue weighted by molar-refractivity contribution is 5.79. The van der Waals surface area contributed by atoms with E-state index in [0.29, 0.717) is 18.9 Å². The molecular formula is C16H24N2O2. The summed E-state index contributed by atoms with van der Waals surface area (Å²) >= 11 is 0. The average molecular weight is 276 g/mol. The molecule has 0 spiro atoms. The van der Waals surface area contributed by atoms with Crippen LogP contribution in [-0.4, -0.2) is 44.1 Å². The molecule has 0 aliphatic carbocycles. The van der Waals surface area contributed by atoms with Gasteiger partial charge in [0.2, 0.25) is 5.91 Å². The molecule has 1 N–H and O–H groups in total. The second-order valence-electron chi connectivity index (χ2n) is 5.31. The standard InChI is InChI=1S/C16H24N2O2/c1-3-20-15-6-4-13(5-7-15)10-16(19)18-9-8-14(12-18)11-17-2/h4-7,14,17H,3,8-12H2,1-2H3. The largest absolute Gasteiger partial charge is 0.494 e. The summed E-state index contributed by atoms with van der Waals surface area (Å²) < 4.78 is 5.40. The van der Waals surface area contributed by atoms with E-state index in [9.17, 15) is 4.79 Å². The summed E-state index contributed by atoms with van der Waals surface area (Å²) in [5, 5.41) is 3.19. The topological polar surface area (TPSA) is 41.6 Å². The first-order valence-electron chi connectivity index (χ1n) is 7.37. The van der Waals surface area contributed by atoms with Gasteiger partial charge in [0.05, 0.1) is 13.0 Å². The van der Waals surface area contributed by atoms with Gasteiger partial charge in [-0.1, -0.05) is 12.1 Å². The van der Waals surface area contributed by atoms with Gasteiger partial charge in [0.1, 0.15) is 5.75 Å². The normalized spacial score (nSPS) is 18.3. The Bertz CT molecular complexity index is 431. The minimum Gasteiger partial charge on any atom is -0.494 e. The summed E-state index contributed by atoms with van der Waals surface area (Å²) in [4.78, 5) is 14.2. The molecule has 0 aromatic heterocycles. The molecule has 1 heterocycles. The molecule has 20 heavy (non-hydrogen) atoms. The summed E-state index contributed by atoms with van der Waals surface area (Å²) in [7, 11) is 1.96. The van der Waals surface area contributed by atoms with Crippen molar-refractivity contribution >= 4 is 5.91 Å². The molecule has 0 saturated carbocycles. The zero-order chi connectivity index (χ0) is 14.4. The summed E-state index contributed by atoms with van der Waals surface area (Å²) in [5.74, 6) is 1.69. The van der Waals surface area contributed by atoms with Gasteiger partial charge in [-0.2, -0.15) is 0 Å². The van der Waals surface area contributed by atoms with Crippen molar-refractivity contribution in [2.45, 2.75) is 19.8 Å². The fourth-order valence-electron chi connectivity index (χ4n) is 2.67. The highest BCUT2D eigenvalue weighted by atomic mass is 16.5. The van der Waals surface area contributed by atoms with Gasteiger partial charge >= 0.3 is 0 Å². The number of nitrogens with one attached hydrogen (secondary N) is 1. The third kappa shape index (κ3) is 3.97. The van der Waals surface area contributed by atoms with Crippen molar-refractivity contribution in [2.75, 3.05) is 33.3 Å². The molecular weight excluding hydrogens is 252 g/mol. The van der Waals surface area contributed by atoms with Gasteiger partial charge < -0.3 is 15.0 Å². The fraction of sp³-hybridized carbons (Fsp3) is 0.562. The lowest BCUT2D eigenvalue weighted by molar-refractivity contribution is -0.129. The molecule has 1 aliphatic heterocycles. The molecule has 1 aromatic carbocycles. The molecule has 2 rings (SSSR count). The van der Waals surface area contributed by atoms with Gasteiger partial charge in [0.15, 0.2) is 0 Å². The number of ether oxygens (including phenoxy) is 1. The van der Waals surface area contributed by atoms with E-state index in [0.717, 1.165) is 37.4 Å². The van der Waals surface area contributed by atoms with Crippen LogP contribution in [0.25, 0.3) is 0 Å². The molecule has 1 aromatic rings. The summed E-state index contributed by atoms with van der Waals surface area (Å²) in [6.45, 7) is 5.40. The van der Waals surface area contributed by atoms with Crippen molar-refractivity contribution in [1.82, 2.24) is 10.2 Å². The molecule has 110 valence electrons. The number of hydrogen-bond acceptors (Lipinski definition) is 3. The summed E-state index contributed by atoms with van der Waals surface area (Å²) in [5.41, 5.74) is 1.05. The molecule has 4 heteroatoms. The van der Waals surface area contributed by atoms with Crippen LogP contribution >= 0.6 is 0 Å². The van der Waals surface area contributed by atoms with Crippen LogP contribution in [0.3, 0.4) is 0 Å². The first-order chi connectivity index (χ1) is 9.72. The van der Waals surface area contributed by atoms with Crippen LogP contribution in [0.15, 0.2) is 24.3 Å². The van der Waals surface area contributed by atoms with E-state index >= 15 is 0 Å². The Hall–Kier alpha value is -1.55. The van der Waals surface area contributed by atoms with Gasteiger partial charge in [-0.3, -0.25) is 4.79 Å². The predicted octanol–water partition coefficient (Wildman–Crippen LogP) is 1.70. The number of nitrogens with zero attached hydrogens (tertiary/aromatic N) is 1. The molecule has 0 bridgehead atoms. The number of likely N-dealkylation sites (tertiary alicyclic amines) is 1. The summed E-state index contributed by atoms with van der Waals surface area (Å²) in [6.07, 6.45) is 1.59. The molecule has 1 amide bonds. The maximum Gasteiger partial charge on any atom is 0.226 e. The molecule has 1 aliphatic rings. The zero-order valence-electron chi connectivity index (χ0n) is 12.4. The van der Waals surface area contributed by atoms with Gasteiger partial charge in [-0.05, 0) is 50.6 Å². The zero-order valence-corrected chi connectivity index (χ0v) is 12.4. The van der Waals surface area contributed by atoms with E-state index in [1.165, 1.54) is 0 Å². The maximum absolute atomic E-state index is 12.2. The SMILES string of the molecule is CCOc1ccc(CC(=O)N2CCC(CNC)C2)cc1. The number of benzene rings is 1. The molecule has 1 saturated heterocycles. The van der Waals surface area contributed by atoms with Crippen LogP contribution in [0, 0.1) is 5.92 Å². The van der Waals surface area contributed by atoms with Crippen molar-refractivity contribution in [3.05, 3.63) is 29.8 Å². The van der Waals surface area contributed by atoms with Gasteiger partial charge in [0.25, 0.3) is 0 Å². The highest BCUT2D eigenvalue weighted by Crippen LogP contribution is 2.18. The Morgan fingerprint density at radius 3 is 2.80 bits per heavy atom. The second-order valence-corrected chi connectivity index (χ2v) is 5.31. The van der Waals surface area contributed by atoms with Crippen molar-refractivity contribution in [1.29, 1.82) is 0 Å². The monoisotopic (exact) mass is 276 g/mol. The highest BCUT2D eigenvalue weighted by Gasteiger charge is 2.25. The van der Waals surface area contributed by atoms with Gasteiger partial charge in [-0.25, -0.2) is 0 Å². The molecule has 1 unspecified atom stereocenters. The third-order valence-electron chi connectivity index (χ3n) is 3.72. The molecule has 0 radical (unpaired) electrons. The van der Waals surface area contributed by atoms with Crippen LogP contribution < -0.4 is 10.1 Å². The number of rotatable bonds is 6. The molecule has 4 nitrogen and oxygen atoms in total. The predicted molar refractivity (Wildman–Crippen MR) is 79.9 cm³/mol. The quantitative estimate of drug-likeness (QED) is 0.860. The minimum atomic E-state index is 0.229. The Morgan fingerprint density at radius 1 is 1.40 bits per heavy atom. The van der Waals surface area contributed by atoms with E-state index in [2.05, 4.69) is 5.32 Å². The van der Waals surface area contributed by atoms with Crippen molar-refractivity contribution < 1.29 is 9.53 Å². The lowest BCUT2D eigenvalue weighted by Crippen LogP contribution is -2.31. The van der Waals surface area contributed by atoms with Crippen LogP contribution in [0.2, 0.25) is 0 Å². The van der Waals surface area contributed by atoms with Gasteiger partial charge in [0, 0.05) is 13.1 Å². The van der Waals surface area contributed by atoms with E-state index < -0.39 is 0 Å². The third-order valence-corrected chi connectivity index (χ3v) is 3.72. The Kier molecular flexibility index (Phi) is 5.41. The Balaban J connectivity index is 1.85. The average Bonchev–Trinajstić information content (AvgIpc) is 2.90. The van der Waals surface area contributed by atoms with E-state index in [4.69, 9.17) is 4.74 Å². The Morgan fingerprint density at radius 2 is 2.15 bits per heavy atom. The van der Waals surface area contributed by atoms with Crippen LogP contribution in [0.5, 0.6) is 5.75 Å². The second kappa shape index (κ2) is 7.29. The maximum atomic E-state index is 12.2.